The molecule has 134 valence electrons. The molecule has 2 rings (SSSR count). The average molecular weight is 377 g/mol. The third kappa shape index (κ3) is 7.61. The van der Waals surface area contributed by atoms with Crippen molar-refractivity contribution >= 4 is 35.2 Å². The van der Waals surface area contributed by atoms with Gasteiger partial charge in [0.1, 0.15) is 0 Å². The third-order valence-corrected chi connectivity index (χ3v) is 3.99. The van der Waals surface area contributed by atoms with Crippen LogP contribution in [0.4, 0.5) is 0 Å². The van der Waals surface area contributed by atoms with E-state index in [0.29, 0.717) is 29.4 Å². The number of hydrogen-bond acceptors (Lipinski definition) is 5. The quantitative estimate of drug-likeness (QED) is 0.695. The van der Waals surface area contributed by atoms with E-state index in [9.17, 15) is 9.90 Å². The van der Waals surface area contributed by atoms with E-state index in [0.717, 1.165) is 5.56 Å². The van der Waals surface area contributed by atoms with Crippen molar-refractivity contribution in [3.63, 3.8) is 0 Å². The molecule has 1 aromatic rings. The Morgan fingerprint density at radius 2 is 2.12 bits per heavy atom. The van der Waals surface area contributed by atoms with E-state index >= 15 is 0 Å². The average Bonchev–Trinajstić information content (AvgIpc) is 2.55. The summed E-state index contributed by atoms with van der Waals surface area (Å²) in [6.45, 7) is 0.441. The number of rotatable bonds is 4. The predicted octanol–water partition coefficient (Wildman–Crippen LogP) is 1.95. The number of carbonyl (C=O) groups excluding carboxylic acids is 1. The van der Waals surface area contributed by atoms with Gasteiger partial charge in [0, 0.05) is 32.6 Å². The molecule has 8 heteroatoms. The SMILES string of the molecule is COC1CC(O)CC(CN)O1.NC(=O)/C=C/c1ccc(Cl)c(Cl)c1. The number of ether oxygens (including phenoxy) is 2. The fourth-order valence-corrected chi connectivity index (χ4v) is 2.35. The normalized spacial score (nSPS) is 23.6. The topological polar surface area (TPSA) is 108 Å². The zero-order valence-electron chi connectivity index (χ0n) is 13.3. The number of carbonyl (C=O) groups is 1. The maximum Gasteiger partial charge on any atom is 0.241 e. The molecule has 0 bridgehead atoms. The highest BCUT2D eigenvalue weighted by Gasteiger charge is 2.26. The van der Waals surface area contributed by atoms with Crippen molar-refractivity contribution in [2.75, 3.05) is 13.7 Å². The summed E-state index contributed by atoms with van der Waals surface area (Å²) in [5.74, 6) is -0.494. The van der Waals surface area contributed by atoms with E-state index in [1.807, 2.05) is 0 Å². The second-order valence-corrected chi connectivity index (χ2v) is 6.01. The molecule has 0 spiro atoms. The summed E-state index contributed by atoms with van der Waals surface area (Å²) in [4.78, 5) is 10.4. The second kappa shape index (κ2) is 10.7. The molecule has 3 unspecified atom stereocenters. The van der Waals surface area contributed by atoms with E-state index in [2.05, 4.69) is 0 Å². The molecule has 1 aliphatic rings. The molecule has 6 nitrogen and oxygen atoms in total. The Kier molecular flexibility index (Phi) is 9.28. The summed E-state index contributed by atoms with van der Waals surface area (Å²) in [5, 5.41) is 10.2. The van der Waals surface area contributed by atoms with E-state index in [-0.39, 0.29) is 18.5 Å². The Labute approximate surface area is 151 Å². The lowest BCUT2D eigenvalue weighted by Gasteiger charge is -2.31. The summed E-state index contributed by atoms with van der Waals surface area (Å²) in [5.41, 5.74) is 11.1. The number of primary amides is 1. The third-order valence-electron chi connectivity index (χ3n) is 3.25. The van der Waals surface area contributed by atoms with Gasteiger partial charge in [0.05, 0.1) is 22.3 Å². The van der Waals surface area contributed by atoms with Crippen LogP contribution in [0.1, 0.15) is 18.4 Å². The van der Waals surface area contributed by atoms with Crippen LogP contribution >= 0.6 is 23.2 Å². The van der Waals surface area contributed by atoms with Gasteiger partial charge in [-0.2, -0.15) is 0 Å². The Morgan fingerprint density at radius 3 is 2.67 bits per heavy atom. The molecule has 0 aliphatic carbocycles. The highest BCUT2D eigenvalue weighted by Crippen LogP contribution is 2.23. The highest BCUT2D eigenvalue weighted by atomic mass is 35.5. The molecule has 0 aromatic heterocycles. The van der Waals surface area contributed by atoms with Crippen molar-refractivity contribution in [2.45, 2.75) is 31.3 Å². The van der Waals surface area contributed by atoms with Crippen LogP contribution < -0.4 is 11.5 Å². The zero-order chi connectivity index (χ0) is 18.1. The Balaban J connectivity index is 0.000000243. The molecule has 0 radical (unpaired) electrons. The van der Waals surface area contributed by atoms with Crippen molar-refractivity contribution in [1.29, 1.82) is 0 Å². The summed E-state index contributed by atoms with van der Waals surface area (Å²) in [6.07, 6.45) is 3.34. The second-order valence-electron chi connectivity index (χ2n) is 5.19. The number of aliphatic hydroxyl groups is 1. The van der Waals surface area contributed by atoms with E-state index in [1.165, 1.54) is 6.08 Å². The molecular weight excluding hydrogens is 355 g/mol. The fraction of sp³-hybridized carbons (Fsp3) is 0.438. The first-order valence-electron chi connectivity index (χ1n) is 7.34. The van der Waals surface area contributed by atoms with Gasteiger partial charge in [-0.3, -0.25) is 4.79 Å². The number of benzene rings is 1. The van der Waals surface area contributed by atoms with Crippen molar-refractivity contribution in [3.05, 3.63) is 39.9 Å². The van der Waals surface area contributed by atoms with Crippen LogP contribution in [0.3, 0.4) is 0 Å². The molecular formula is C16H22Cl2N2O4. The van der Waals surface area contributed by atoms with Gasteiger partial charge < -0.3 is 26.0 Å². The summed E-state index contributed by atoms with van der Waals surface area (Å²) < 4.78 is 10.3. The first-order valence-corrected chi connectivity index (χ1v) is 8.10. The standard InChI is InChI=1S/C9H7Cl2NO.C7H15NO3/c10-7-3-1-6(5-8(7)11)2-4-9(12)13;1-10-7-3-5(9)2-6(4-8)11-7/h1-5H,(H2,12,13);5-7,9H,2-4,8H2,1H3/b4-2+;. The minimum atomic E-state index is -0.494. The number of aliphatic hydroxyl groups excluding tert-OH is 1. The molecule has 1 amide bonds. The Morgan fingerprint density at radius 1 is 1.42 bits per heavy atom. The van der Waals surface area contributed by atoms with Crippen LogP contribution in [0.5, 0.6) is 0 Å². The van der Waals surface area contributed by atoms with Gasteiger partial charge in [0.15, 0.2) is 6.29 Å². The minimum Gasteiger partial charge on any atom is -0.393 e. The molecule has 5 N–H and O–H groups in total. The zero-order valence-corrected chi connectivity index (χ0v) is 14.8. The lowest BCUT2D eigenvalue weighted by atomic mass is 10.1. The largest absolute Gasteiger partial charge is 0.393 e. The smallest absolute Gasteiger partial charge is 0.241 e. The Bertz CT molecular complexity index is 557. The van der Waals surface area contributed by atoms with Crippen LogP contribution in [-0.4, -0.2) is 43.2 Å². The van der Waals surface area contributed by atoms with Crippen LogP contribution in [0.25, 0.3) is 6.08 Å². The van der Waals surface area contributed by atoms with Gasteiger partial charge in [0.25, 0.3) is 0 Å². The van der Waals surface area contributed by atoms with Crippen molar-refractivity contribution < 1.29 is 19.4 Å². The lowest BCUT2D eigenvalue weighted by Crippen LogP contribution is -2.40. The first kappa shape index (κ1) is 20.9. The molecule has 0 saturated carbocycles. The van der Waals surface area contributed by atoms with E-state index in [4.69, 9.17) is 44.1 Å². The summed E-state index contributed by atoms with van der Waals surface area (Å²) >= 11 is 11.4. The summed E-state index contributed by atoms with van der Waals surface area (Å²) in [6, 6.07) is 5.06. The van der Waals surface area contributed by atoms with E-state index in [1.54, 1.807) is 31.4 Å². The molecule has 1 heterocycles. The van der Waals surface area contributed by atoms with Crippen LogP contribution in [0.15, 0.2) is 24.3 Å². The number of nitrogens with two attached hydrogens (primary N) is 2. The predicted molar refractivity (Wildman–Crippen MR) is 94.7 cm³/mol. The summed E-state index contributed by atoms with van der Waals surface area (Å²) in [7, 11) is 1.57. The molecule has 1 aromatic carbocycles. The maximum atomic E-state index is 10.4. The molecule has 1 saturated heterocycles. The van der Waals surface area contributed by atoms with Crippen LogP contribution in [0, 0.1) is 0 Å². The fourth-order valence-electron chi connectivity index (χ4n) is 2.05. The van der Waals surface area contributed by atoms with Gasteiger partial charge in [-0.05, 0) is 23.8 Å². The molecule has 1 fully saturated rings. The monoisotopic (exact) mass is 376 g/mol. The number of halogens is 2. The van der Waals surface area contributed by atoms with Gasteiger partial charge >= 0.3 is 0 Å². The van der Waals surface area contributed by atoms with Crippen LogP contribution in [-0.2, 0) is 14.3 Å². The van der Waals surface area contributed by atoms with Crippen molar-refractivity contribution in [1.82, 2.24) is 0 Å². The van der Waals surface area contributed by atoms with Gasteiger partial charge in [-0.15, -0.1) is 0 Å². The highest BCUT2D eigenvalue weighted by molar-refractivity contribution is 6.42. The first-order chi connectivity index (χ1) is 11.3. The number of methoxy groups -OCH3 is 1. The molecule has 24 heavy (non-hydrogen) atoms. The maximum absolute atomic E-state index is 10.4. The van der Waals surface area contributed by atoms with Crippen LogP contribution in [0.2, 0.25) is 10.0 Å². The molecule has 1 aliphatic heterocycles. The molecule has 3 atom stereocenters. The van der Waals surface area contributed by atoms with Gasteiger partial charge in [-0.1, -0.05) is 29.3 Å². The van der Waals surface area contributed by atoms with Crippen molar-refractivity contribution in [3.8, 4) is 0 Å². The number of hydrogen-bond donors (Lipinski definition) is 3. The Hall–Kier alpha value is -1.15. The lowest BCUT2D eigenvalue weighted by molar-refractivity contribution is -0.200. The van der Waals surface area contributed by atoms with Crippen molar-refractivity contribution in [2.24, 2.45) is 11.5 Å². The van der Waals surface area contributed by atoms with Gasteiger partial charge in [-0.25, -0.2) is 0 Å². The number of amides is 1. The van der Waals surface area contributed by atoms with E-state index < -0.39 is 5.91 Å². The van der Waals surface area contributed by atoms with Gasteiger partial charge in [0.2, 0.25) is 5.91 Å². The minimum absolute atomic E-state index is 0.0521.